The third kappa shape index (κ3) is 5.09. The second kappa shape index (κ2) is 10.9. The zero-order valence-corrected chi connectivity index (χ0v) is 23.5. The van der Waals surface area contributed by atoms with Crippen LogP contribution in [0.5, 0.6) is 0 Å². The quantitative estimate of drug-likeness (QED) is 0.0840. The fraction of sp³-hybridized carbons (Fsp3) is 0.143. The van der Waals surface area contributed by atoms with Crippen molar-refractivity contribution < 1.29 is 14.7 Å². The second-order valence-corrected chi connectivity index (χ2v) is 11.8. The molecule has 0 radical (unpaired) electrons. The Morgan fingerprint density at radius 2 is 1.76 bits per heavy atom. The molecule has 1 aliphatic rings. The van der Waals surface area contributed by atoms with Crippen molar-refractivity contribution in [2.24, 2.45) is 0 Å². The number of aliphatic hydroxyl groups is 1. The summed E-state index contributed by atoms with van der Waals surface area (Å²) in [6, 6.07) is 19.4. The van der Waals surface area contributed by atoms with Crippen LogP contribution in [0.4, 0.5) is 5.13 Å². The van der Waals surface area contributed by atoms with Crippen LogP contribution in [-0.4, -0.2) is 27.0 Å². The zero-order chi connectivity index (χ0) is 27.0. The molecule has 0 saturated carbocycles. The van der Waals surface area contributed by atoms with Crippen LogP contribution in [0.2, 0.25) is 10.0 Å². The molecule has 1 atom stereocenters. The smallest absolute Gasteiger partial charge is 0.301 e. The molecule has 1 fully saturated rings. The van der Waals surface area contributed by atoms with Gasteiger partial charge < -0.3 is 5.11 Å². The molecule has 1 aromatic heterocycles. The lowest BCUT2D eigenvalue weighted by atomic mass is 9.93. The number of anilines is 1. The molecule has 38 heavy (non-hydrogen) atoms. The summed E-state index contributed by atoms with van der Waals surface area (Å²) in [5.74, 6) is -1.19. The molecule has 6 nitrogen and oxygen atoms in total. The summed E-state index contributed by atoms with van der Waals surface area (Å²) in [7, 11) is 0. The van der Waals surface area contributed by atoms with Crippen LogP contribution >= 0.6 is 46.3 Å². The van der Waals surface area contributed by atoms with Gasteiger partial charge in [-0.05, 0) is 48.7 Å². The molecule has 1 amide bonds. The molecule has 10 heteroatoms. The van der Waals surface area contributed by atoms with E-state index in [0.29, 0.717) is 26.2 Å². The van der Waals surface area contributed by atoms with Crippen molar-refractivity contribution in [1.29, 1.82) is 0 Å². The molecule has 3 aromatic carbocycles. The molecule has 0 spiro atoms. The van der Waals surface area contributed by atoms with Crippen molar-refractivity contribution in [1.82, 2.24) is 10.2 Å². The standard InChI is InChI=1S/C28H21Cl2N3O3S2/c1-15-8-9-16(2)19(12-15)24(34)22-23(18-10-11-20(29)21(30)13-18)33(26(36)25(22)35)27-31-32-28(38-27)37-14-17-6-4-3-5-7-17/h3-13,23,34H,14H2,1-2H3. The molecule has 2 heterocycles. The van der Waals surface area contributed by atoms with E-state index in [-0.39, 0.29) is 21.5 Å². The van der Waals surface area contributed by atoms with Crippen molar-refractivity contribution in [3.63, 3.8) is 0 Å². The summed E-state index contributed by atoms with van der Waals surface area (Å²) in [4.78, 5) is 28.1. The number of nitrogens with zero attached hydrogens (tertiary/aromatic N) is 3. The van der Waals surface area contributed by atoms with Gasteiger partial charge >= 0.3 is 5.91 Å². The van der Waals surface area contributed by atoms with Crippen molar-refractivity contribution in [2.45, 2.75) is 30.0 Å². The first-order chi connectivity index (χ1) is 18.2. The Morgan fingerprint density at radius 3 is 2.50 bits per heavy atom. The predicted molar refractivity (Wildman–Crippen MR) is 153 cm³/mol. The van der Waals surface area contributed by atoms with E-state index in [0.717, 1.165) is 16.7 Å². The van der Waals surface area contributed by atoms with Gasteiger partial charge in [-0.1, -0.05) is 100 Å². The number of Topliss-reactive ketones (excluding diaryl/α,β-unsaturated/α-hetero) is 1. The SMILES string of the molecule is Cc1ccc(C)c(C(O)=C2C(=O)C(=O)N(c3nnc(SCc4ccccc4)s3)C2c2ccc(Cl)c(Cl)c2)c1. The van der Waals surface area contributed by atoms with Crippen LogP contribution in [0.3, 0.4) is 0 Å². The molecule has 1 aliphatic heterocycles. The van der Waals surface area contributed by atoms with Gasteiger partial charge in [-0.15, -0.1) is 10.2 Å². The fourth-order valence-corrected chi connectivity index (χ4v) is 6.37. The van der Waals surface area contributed by atoms with E-state index in [9.17, 15) is 14.7 Å². The number of aromatic nitrogens is 2. The van der Waals surface area contributed by atoms with E-state index < -0.39 is 17.7 Å². The van der Waals surface area contributed by atoms with Gasteiger partial charge in [0.1, 0.15) is 5.76 Å². The number of ketones is 1. The van der Waals surface area contributed by atoms with Crippen LogP contribution in [-0.2, 0) is 15.3 Å². The number of carbonyl (C=O) groups excluding carboxylic acids is 2. The number of hydrogen-bond acceptors (Lipinski definition) is 7. The van der Waals surface area contributed by atoms with E-state index in [1.807, 2.05) is 56.3 Å². The highest BCUT2D eigenvalue weighted by molar-refractivity contribution is 8.00. The summed E-state index contributed by atoms with van der Waals surface area (Å²) >= 11 is 15.2. The maximum absolute atomic E-state index is 13.4. The van der Waals surface area contributed by atoms with Gasteiger partial charge in [0.25, 0.3) is 5.78 Å². The fourth-order valence-electron chi connectivity index (χ4n) is 4.24. The molecule has 192 valence electrons. The van der Waals surface area contributed by atoms with Crippen molar-refractivity contribution >= 4 is 68.9 Å². The van der Waals surface area contributed by atoms with Gasteiger partial charge in [-0.25, -0.2) is 0 Å². The van der Waals surface area contributed by atoms with Crippen molar-refractivity contribution in [3.05, 3.63) is 110 Å². The lowest BCUT2D eigenvalue weighted by Crippen LogP contribution is -2.29. The molecule has 1 unspecified atom stereocenters. The third-order valence-electron chi connectivity index (χ3n) is 6.16. The lowest BCUT2D eigenvalue weighted by molar-refractivity contribution is -0.132. The average Bonchev–Trinajstić information content (AvgIpc) is 3.48. The summed E-state index contributed by atoms with van der Waals surface area (Å²) in [5.41, 5.74) is 3.74. The molecule has 1 saturated heterocycles. The predicted octanol–water partition coefficient (Wildman–Crippen LogP) is 7.38. The number of aryl methyl sites for hydroxylation is 2. The maximum atomic E-state index is 13.4. The van der Waals surface area contributed by atoms with Gasteiger partial charge in [0, 0.05) is 11.3 Å². The van der Waals surface area contributed by atoms with Crippen molar-refractivity contribution in [3.8, 4) is 0 Å². The number of carbonyl (C=O) groups is 2. The summed E-state index contributed by atoms with van der Waals surface area (Å²) in [5, 5.41) is 20.8. The normalized spacial score (nSPS) is 16.8. The van der Waals surface area contributed by atoms with Gasteiger partial charge in [-0.2, -0.15) is 0 Å². The van der Waals surface area contributed by atoms with E-state index in [1.54, 1.807) is 24.3 Å². The van der Waals surface area contributed by atoms with E-state index in [4.69, 9.17) is 23.2 Å². The van der Waals surface area contributed by atoms with Crippen LogP contribution < -0.4 is 4.90 Å². The molecule has 0 bridgehead atoms. The highest BCUT2D eigenvalue weighted by atomic mass is 35.5. The monoisotopic (exact) mass is 581 g/mol. The largest absolute Gasteiger partial charge is 0.507 e. The molecular weight excluding hydrogens is 561 g/mol. The highest BCUT2D eigenvalue weighted by Crippen LogP contribution is 2.45. The van der Waals surface area contributed by atoms with Gasteiger partial charge in [0.15, 0.2) is 4.34 Å². The van der Waals surface area contributed by atoms with Gasteiger partial charge in [0.05, 0.1) is 21.7 Å². The Labute approximate surface area is 237 Å². The lowest BCUT2D eigenvalue weighted by Gasteiger charge is -2.23. The minimum absolute atomic E-state index is 0.0456. The number of rotatable bonds is 6. The molecule has 0 aliphatic carbocycles. The summed E-state index contributed by atoms with van der Waals surface area (Å²) < 4.78 is 0.646. The minimum Gasteiger partial charge on any atom is -0.507 e. The maximum Gasteiger partial charge on any atom is 0.301 e. The van der Waals surface area contributed by atoms with Crippen LogP contribution in [0.15, 0.2) is 76.6 Å². The van der Waals surface area contributed by atoms with Gasteiger partial charge in [0.2, 0.25) is 5.13 Å². The topological polar surface area (TPSA) is 83.4 Å². The number of amides is 1. The Bertz CT molecular complexity index is 1590. The Morgan fingerprint density at radius 1 is 1.00 bits per heavy atom. The summed E-state index contributed by atoms with van der Waals surface area (Å²) in [6.07, 6.45) is 0. The van der Waals surface area contributed by atoms with E-state index in [2.05, 4.69) is 10.2 Å². The number of benzene rings is 3. The Kier molecular flexibility index (Phi) is 7.59. The van der Waals surface area contributed by atoms with Crippen LogP contribution in [0.1, 0.15) is 33.9 Å². The second-order valence-electron chi connectivity index (χ2n) is 8.79. The van der Waals surface area contributed by atoms with Crippen molar-refractivity contribution in [2.75, 3.05) is 4.90 Å². The molecule has 5 rings (SSSR count). The van der Waals surface area contributed by atoms with Crippen LogP contribution in [0, 0.1) is 13.8 Å². The first-order valence-electron chi connectivity index (χ1n) is 11.6. The molecule has 4 aromatic rings. The summed E-state index contributed by atoms with van der Waals surface area (Å²) in [6.45, 7) is 3.72. The van der Waals surface area contributed by atoms with Gasteiger partial charge in [-0.3, -0.25) is 14.5 Å². The highest BCUT2D eigenvalue weighted by Gasteiger charge is 2.48. The number of halogens is 2. The van der Waals surface area contributed by atoms with E-state index >= 15 is 0 Å². The Hall–Kier alpha value is -3.17. The van der Waals surface area contributed by atoms with Crippen LogP contribution in [0.25, 0.3) is 5.76 Å². The number of thioether (sulfide) groups is 1. The first-order valence-corrected chi connectivity index (χ1v) is 14.1. The van der Waals surface area contributed by atoms with E-state index in [1.165, 1.54) is 28.0 Å². The Balaban J connectivity index is 1.60. The zero-order valence-electron chi connectivity index (χ0n) is 20.3. The minimum atomic E-state index is -0.968. The first kappa shape index (κ1) is 26.4. The average molecular weight is 583 g/mol. The number of hydrogen-bond donors (Lipinski definition) is 1. The molecule has 1 N–H and O–H groups in total. The number of aliphatic hydroxyl groups excluding tert-OH is 1. The third-order valence-corrected chi connectivity index (χ3v) is 9.03. The molecular formula is C28H21Cl2N3O3S2.